The second kappa shape index (κ2) is 6.68. The average molecular weight is 269 g/mol. The zero-order chi connectivity index (χ0) is 13.8. The molecule has 5 nitrogen and oxygen atoms in total. The number of piperazine rings is 1. The normalized spacial score (nSPS) is 31.5. The Morgan fingerprint density at radius 2 is 1.84 bits per heavy atom. The van der Waals surface area contributed by atoms with E-state index in [1.807, 2.05) is 0 Å². The van der Waals surface area contributed by atoms with E-state index in [1.54, 1.807) is 0 Å². The van der Waals surface area contributed by atoms with Gasteiger partial charge in [0.15, 0.2) is 0 Å². The van der Waals surface area contributed by atoms with Gasteiger partial charge in [0.2, 0.25) is 0 Å². The van der Waals surface area contributed by atoms with Gasteiger partial charge in [0.05, 0.1) is 0 Å². The van der Waals surface area contributed by atoms with Gasteiger partial charge >= 0.3 is 5.97 Å². The monoisotopic (exact) mass is 269 g/mol. The Balaban J connectivity index is 1.79. The molecule has 2 unspecified atom stereocenters. The Morgan fingerprint density at radius 3 is 2.47 bits per heavy atom. The maximum atomic E-state index is 11.3. The SMILES string of the molecule is CC1CCN(CCN2CCN(C)CC2)C(C(=O)O)C1. The minimum Gasteiger partial charge on any atom is -0.480 e. The Kier molecular flexibility index (Phi) is 5.19. The predicted octanol–water partition coefficient (Wildman–Crippen LogP) is 0.419. The van der Waals surface area contributed by atoms with E-state index < -0.39 is 5.97 Å². The Labute approximate surface area is 116 Å². The van der Waals surface area contributed by atoms with Crippen molar-refractivity contribution in [2.24, 2.45) is 5.92 Å². The van der Waals surface area contributed by atoms with Gasteiger partial charge in [0.25, 0.3) is 0 Å². The van der Waals surface area contributed by atoms with Crippen LogP contribution in [0.15, 0.2) is 0 Å². The summed E-state index contributed by atoms with van der Waals surface area (Å²) in [5.41, 5.74) is 0. The molecular weight excluding hydrogens is 242 g/mol. The van der Waals surface area contributed by atoms with Crippen LogP contribution in [0.25, 0.3) is 0 Å². The quantitative estimate of drug-likeness (QED) is 0.801. The van der Waals surface area contributed by atoms with Crippen LogP contribution in [-0.4, -0.2) is 84.7 Å². The average Bonchev–Trinajstić information content (AvgIpc) is 2.39. The summed E-state index contributed by atoms with van der Waals surface area (Å²) in [6.45, 7) is 9.47. The smallest absolute Gasteiger partial charge is 0.320 e. The molecule has 0 aromatic heterocycles. The zero-order valence-electron chi connectivity index (χ0n) is 12.2. The fourth-order valence-corrected chi connectivity index (χ4v) is 3.06. The highest BCUT2D eigenvalue weighted by molar-refractivity contribution is 5.73. The lowest BCUT2D eigenvalue weighted by atomic mass is 9.92. The molecule has 0 bridgehead atoms. The first-order valence-corrected chi connectivity index (χ1v) is 7.44. The highest BCUT2D eigenvalue weighted by Gasteiger charge is 2.31. The summed E-state index contributed by atoms with van der Waals surface area (Å²) < 4.78 is 0. The summed E-state index contributed by atoms with van der Waals surface area (Å²) in [7, 11) is 2.16. The number of hydrogen-bond acceptors (Lipinski definition) is 4. The van der Waals surface area contributed by atoms with E-state index >= 15 is 0 Å². The van der Waals surface area contributed by atoms with Crippen LogP contribution in [0, 0.1) is 5.92 Å². The van der Waals surface area contributed by atoms with Crippen LogP contribution in [0.3, 0.4) is 0 Å². The summed E-state index contributed by atoms with van der Waals surface area (Å²) in [6.07, 6.45) is 1.94. The van der Waals surface area contributed by atoms with Crippen LogP contribution < -0.4 is 0 Å². The molecule has 0 aromatic rings. The number of hydrogen-bond donors (Lipinski definition) is 1. The van der Waals surface area contributed by atoms with E-state index in [2.05, 4.69) is 28.7 Å². The van der Waals surface area contributed by atoms with Gasteiger partial charge in [-0.2, -0.15) is 0 Å². The maximum absolute atomic E-state index is 11.3. The summed E-state index contributed by atoms with van der Waals surface area (Å²) in [5, 5.41) is 9.34. The van der Waals surface area contributed by atoms with Crippen LogP contribution in [0.5, 0.6) is 0 Å². The van der Waals surface area contributed by atoms with Gasteiger partial charge in [-0.1, -0.05) is 6.92 Å². The molecule has 2 atom stereocenters. The summed E-state index contributed by atoms with van der Waals surface area (Å²) in [4.78, 5) is 18.3. The van der Waals surface area contributed by atoms with Crippen LogP contribution in [-0.2, 0) is 4.79 Å². The van der Waals surface area contributed by atoms with Crippen LogP contribution in [0.1, 0.15) is 19.8 Å². The van der Waals surface area contributed by atoms with Crippen LogP contribution in [0.4, 0.5) is 0 Å². The minimum absolute atomic E-state index is 0.267. The summed E-state index contributed by atoms with van der Waals surface area (Å²) >= 11 is 0. The molecule has 0 saturated carbocycles. The third-order valence-electron chi connectivity index (χ3n) is 4.56. The third kappa shape index (κ3) is 4.16. The fraction of sp³-hybridized carbons (Fsp3) is 0.929. The van der Waals surface area contributed by atoms with Crippen molar-refractivity contribution < 1.29 is 9.90 Å². The molecule has 2 aliphatic rings. The first-order valence-electron chi connectivity index (χ1n) is 7.44. The summed E-state index contributed by atoms with van der Waals surface area (Å²) in [6, 6.07) is -0.267. The molecule has 2 fully saturated rings. The topological polar surface area (TPSA) is 47.0 Å². The van der Waals surface area contributed by atoms with Gasteiger partial charge in [0.1, 0.15) is 6.04 Å². The van der Waals surface area contributed by atoms with Gasteiger partial charge < -0.3 is 10.0 Å². The van der Waals surface area contributed by atoms with Gasteiger partial charge in [-0.25, -0.2) is 0 Å². The van der Waals surface area contributed by atoms with E-state index in [0.29, 0.717) is 5.92 Å². The molecule has 0 aromatic carbocycles. The van der Waals surface area contributed by atoms with Crippen molar-refractivity contribution in [2.45, 2.75) is 25.8 Å². The first kappa shape index (κ1) is 14.8. The standard InChI is InChI=1S/C14H27N3O2/c1-12-3-4-17(13(11-12)14(18)19)10-9-16-7-5-15(2)6-8-16/h12-13H,3-11H2,1-2H3,(H,18,19). The maximum Gasteiger partial charge on any atom is 0.320 e. The van der Waals surface area contributed by atoms with E-state index in [0.717, 1.165) is 58.7 Å². The Morgan fingerprint density at radius 1 is 1.16 bits per heavy atom. The van der Waals surface area contributed by atoms with Gasteiger partial charge in [-0.3, -0.25) is 14.6 Å². The summed E-state index contributed by atoms with van der Waals surface area (Å²) in [5.74, 6) is -0.106. The number of aliphatic carboxylic acids is 1. The number of carbonyl (C=O) groups is 1. The van der Waals surface area contributed by atoms with Crippen molar-refractivity contribution in [3.05, 3.63) is 0 Å². The second-order valence-electron chi connectivity index (χ2n) is 6.16. The molecule has 2 heterocycles. The molecule has 0 radical (unpaired) electrons. The number of nitrogens with zero attached hydrogens (tertiary/aromatic N) is 3. The van der Waals surface area contributed by atoms with E-state index in [4.69, 9.17) is 0 Å². The van der Waals surface area contributed by atoms with Crippen LogP contribution >= 0.6 is 0 Å². The molecule has 2 aliphatic heterocycles. The van der Waals surface area contributed by atoms with Crippen molar-refractivity contribution in [2.75, 3.05) is 52.9 Å². The number of likely N-dealkylation sites (tertiary alicyclic amines) is 1. The molecule has 5 heteroatoms. The number of carboxylic acid groups (broad SMARTS) is 1. The molecule has 0 amide bonds. The molecule has 0 aliphatic carbocycles. The van der Waals surface area contributed by atoms with E-state index in [-0.39, 0.29) is 6.04 Å². The number of likely N-dealkylation sites (N-methyl/N-ethyl adjacent to an activating group) is 1. The highest BCUT2D eigenvalue weighted by atomic mass is 16.4. The molecule has 1 N–H and O–H groups in total. The molecule has 2 rings (SSSR count). The number of carboxylic acids is 1. The first-order chi connectivity index (χ1) is 9.06. The van der Waals surface area contributed by atoms with Gasteiger partial charge in [-0.15, -0.1) is 0 Å². The Bertz CT molecular complexity index is 303. The van der Waals surface area contributed by atoms with E-state index in [1.165, 1.54) is 0 Å². The van der Waals surface area contributed by atoms with Crippen molar-refractivity contribution in [3.63, 3.8) is 0 Å². The molecule has 19 heavy (non-hydrogen) atoms. The van der Waals surface area contributed by atoms with Gasteiger partial charge in [-0.05, 0) is 32.4 Å². The zero-order valence-corrected chi connectivity index (χ0v) is 12.2. The number of piperidine rings is 1. The largest absolute Gasteiger partial charge is 0.480 e. The lowest BCUT2D eigenvalue weighted by molar-refractivity contribution is -0.145. The fourth-order valence-electron chi connectivity index (χ4n) is 3.06. The molecule has 110 valence electrons. The molecule has 2 saturated heterocycles. The van der Waals surface area contributed by atoms with Crippen molar-refractivity contribution >= 4 is 5.97 Å². The van der Waals surface area contributed by atoms with Crippen molar-refractivity contribution in [1.29, 1.82) is 0 Å². The third-order valence-corrected chi connectivity index (χ3v) is 4.56. The van der Waals surface area contributed by atoms with Gasteiger partial charge in [0, 0.05) is 39.3 Å². The predicted molar refractivity (Wildman–Crippen MR) is 75.3 cm³/mol. The Hall–Kier alpha value is -0.650. The lowest BCUT2D eigenvalue weighted by Crippen LogP contribution is -2.51. The molecular formula is C14H27N3O2. The van der Waals surface area contributed by atoms with E-state index in [9.17, 15) is 9.90 Å². The van der Waals surface area contributed by atoms with Crippen molar-refractivity contribution in [3.8, 4) is 0 Å². The van der Waals surface area contributed by atoms with Crippen LogP contribution in [0.2, 0.25) is 0 Å². The number of rotatable bonds is 4. The molecule has 0 spiro atoms. The minimum atomic E-state index is -0.648. The second-order valence-corrected chi connectivity index (χ2v) is 6.16. The van der Waals surface area contributed by atoms with Crippen molar-refractivity contribution in [1.82, 2.24) is 14.7 Å². The lowest BCUT2D eigenvalue weighted by Gasteiger charge is -2.38. The highest BCUT2D eigenvalue weighted by Crippen LogP contribution is 2.22.